The number of rotatable bonds is 5. The van der Waals surface area contributed by atoms with E-state index in [-0.39, 0.29) is 18.5 Å². The smallest absolute Gasteiger partial charge is 0.240 e. The number of hydrogen-bond acceptors (Lipinski definition) is 3. The number of amides is 1. The van der Waals surface area contributed by atoms with Crippen molar-refractivity contribution in [3.05, 3.63) is 58.4 Å². The predicted molar refractivity (Wildman–Crippen MR) is 107 cm³/mol. The Balaban J connectivity index is 2.02. The van der Waals surface area contributed by atoms with Crippen molar-refractivity contribution in [2.75, 3.05) is 0 Å². The maximum atomic E-state index is 12.3. The summed E-state index contributed by atoms with van der Waals surface area (Å²) in [5, 5.41) is 3.53. The lowest BCUT2D eigenvalue weighted by atomic mass is 10.2. The van der Waals surface area contributed by atoms with Crippen LogP contribution in [0.3, 0.4) is 0 Å². The van der Waals surface area contributed by atoms with E-state index < -0.39 is 0 Å². The normalized spacial score (nSPS) is 11.0. The number of carbonyl (C=O) groups excluding carboxylic acids is 1. The molecule has 134 valence electrons. The van der Waals surface area contributed by atoms with Gasteiger partial charge in [0.05, 0.1) is 5.69 Å². The molecular formula is C19H18BrClN4O. The zero-order valence-corrected chi connectivity index (χ0v) is 16.8. The molecule has 0 spiro atoms. The molecule has 3 aromatic rings. The van der Waals surface area contributed by atoms with Gasteiger partial charge in [0.15, 0.2) is 0 Å². The average Bonchev–Trinajstić information content (AvgIpc) is 2.98. The third-order valence-corrected chi connectivity index (χ3v) is 4.35. The summed E-state index contributed by atoms with van der Waals surface area (Å²) < 4.78 is 2.59. The topological polar surface area (TPSA) is 59.8 Å². The Bertz CT molecular complexity index is 922. The van der Waals surface area contributed by atoms with E-state index in [9.17, 15) is 4.79 Å². The summed E-state index contributed by atoms with van der Waals surface area (Å²) in [7, 11) is 0. The first-order chi connectivity index (χ1) is 12.4. The summed E-state index contributed by atoms with van der Waals surface area (Å²) in [4.78, 5) is 21.2. The second-order valence-electron chi connectivity index (χ2n) is 6.18. The van der Waals surface area contributed by atoms with Crippen LogP contribution >= 0.6 is 27.5 Å². The molecule has 0 atom stereocenters. The van der Waals surface area contributed by atoms with Gasteiger partial charge in [-0.2, -0.15) is 0 Å². The number of nitrogens with zero attached hydrogens (tertiary/aromatic N) is 3. The summed E-state index contributed by atoms with van der Waals surface area (Å²) in [5.41, 5.74) is 2.47. The largest absolute Gasteiger partial charge is 0.352 e. The highest BCUT2D eigenvalue weighted by Crippen LogP contribution is 2.27. The van der Waals surface area contributed by atoms with E-state index >= 15 is 0 Å². The molecule has 0 bridgehead atoms. The molecule has 0 aliphatic rings. The summed E-state index contributed by atoms with van der Waals surface area (Å²) in [6, 6.07) is 11.3. The van der Waals surface area contributed by atoms with E-state index in [1.165, 1.54) is 0 Å². The summed E-state index contributed by atoms with van der Waals surface area (Å²) in [5.74, 6) is 0.616. The lowest BCUT2D eigenvalue weighted by Gasteiger charge is -2.11. The molecule has 0 saturated carbocycles. The first-order valence-electron chi connectivity index (χ1n) is 8.17. The molecule has 3 rings (SSSR count). The van der Waals surface area contributed by atoms with Crippen LogP contribution in [-0.4, -0.2) is 26.5 Å². The van der Waals surface area contributed by atoms with Gasteiger partial charge in [0.25, 0.3) is 0 Å². The fourth-order valence-corrected chi connectivity index (χ4v) is 3.01. The van der Waals surface area contributed by atoms with Gasteiger partial charge in [0.1, 0.15) is 17.0 Å². The Kier molecular flexibility index (Phi) is 5.74. The molecule has 2 aromatic heterocycles. The van der Waals surface area contributed by atoms with Gasteiger partial charge in [-0.3, -0.25) is 4.79 Å². The molecule has 0 unspecified atom stereocenters. The van der Waals surface area contributed by atoms with Crippen molar-refractivity contribution >= 4 is 33.4 Å². The standard InChI is InChI=1S/C19H18BrClN4O/c1-12(2)23-18(26)11-25-10-16(14-6-7-17(20)22-9-14)24-19(25)13-4-3-5-15(21)8-13/h3-10,12H,11H2,1-2H3,(H,23,26). The second kappa shape index (κ2) is 8.01. The number of hydrogen-bond donors (Lipinski definition) is 1. The van der Waals surface area contributed by atoms with Crippen molar-refractivity contribution in [1.82, 2.24) is 19.9 Å². The maximum absolute atomic E-state index is 12.3. The third-order valence-electron chi connectivity index (χ3n) is 3.65. The molecule has 0 aliphatic carbocycles. The molecule has 5 nitrogen and oxygen atoms in total. The number of carbonyl (C=O) groups is 1. The Morgan fingerprint density at radius 1 is 1.27 bits per heavy atom. The molecule has 0 radical (unpaired) electrons. The molecule has 1 N–H and O–H groups in total. The number of nitrogens with one attached hydrogen (secondary N) is 1. The number of benzene rings is 1. The van der Waals surface area contributed by atoms with Crippen LogP contribution in [0.1, 0.15) is 13.8 Å². The Labute approximate surface area is 165 Å². The lowest BCUT2D eigenvalue weighted by molar-refractivity contribution is -0.122. The summed E-state index contributed by atoms with van der Waals surface area (Å²) in [6.07, 6.45) is 3.60. The van der Waals surface area contributed by atoms with E-state index in [0.29, 0.717) is 10.8 Å². The van der Waals surface area contributed by atoms with Crippen LogP contribution in [0.15, 0.2) is 53.4 Å². The zero-order valence-electron chi connectivity index (χ0n) is 14.4. The minimum Gasteiger partial charge on any atom is -0.352 e. The number of aromatic nitrogens is 3. The van der Waals surface area contributed by atoms with Gasteiger partial charge in [-0.15, -0.1) is 0 Å². The van der Waals surface area contributed by atoms with Gasteiger partial charge in [-0.25, -0.2) is 9.97 Å². The van der Waals surface area contributed by atoms with Gasteiger partial charge in [0, 0.05) is 34.6 Å². The molecular weight excluding hydrogens is 416 g/mol. The van der Waals surface area contributed by atoms with Gasteiger partial charge in [-0.05, 0) is 54.0 Å². The van der Waals surface area contributed by atoms with Gasteiger partial charge in [0.2, 0.25) is 5.91 Å². The molecule has 0 fully saturated rings. The van der Waals surface area contributed by atoms with Crippen LogP contribution in [0, 0.1) is 0 Å². The quantitative estimate of drug-likeness (QED) is 0.600. The van der Waals surface area contributed by atoms with Gasteiger partial charge < -0.3 is 9.88 Å². The Morgan fingerprint density at radius 2 is 2.08 bits per heavy atom. The minimum absolute atomic E-state index is 0.0684. The highest BCUT2D eigenvalue weighted by atomic mass is 79.9. The Morgan fingerprint density at radius 3 is 2.73 bits per heavy atom. The van der Waals surface area contributed by atoms with Crippen molar-refractivity contribution in [2.45, 2.75) is 26.4 Å². The summed E-state index contributed by atoms with van der Waals surface area (Å²) >= 11 is 9.46. The van der Waals surface area contributed by atoms with E-state index in [0.717, 1.165) is 21.4 Å². The average molecular weight is 434 g/mol. The highest BCUT2D eigenvalue weighted by Gasteiger charge is 2.15. The van der Waals surface area contributed by atoms with Crippen molar-refractivity contribution in [3.63, 3.8) is 0 Å². The van der Waals surface area contributed by atoms with Crippen molar-refractivity contribution in [2.24, 2.45) is 0 Å². The Hall–Kier alpha value is -2.18. The molecule has 1 amide bonds. The van der Waals surface area contributed by atoms with Crippen LogP contribution in [0.5, 0.6) is 0 Å². The van der Waals surface area contributed by atoms with Crippen molar-refractivity contribution < 1.29 is 4.79 Å². The fourth-order valence-electron chi connectivity index (χ4n) is 2.58. The van der Waals surface area contributed by atoms with Crippen LogP contribution < -0.4 is 5.32 Å². The van der Waals surface area contributed by atoms with Crippen LogP contribution in [0.2, 0.25) is 5.02 Å². The first-order valence-corrected chi connectivity index (χ1v) is 9.34. The molecule has 26 heavy (non-hydrogen) atoms. The number of pyridine rings is 1. The van der Waals surface area contributed by atoms with E-state index in [2.05, 4.69) is 26.2 Å². The van der Waals surface area contributed by atoms with E-state index in [1.54, 1.807) is 6.20 Å². The molecule has 2 heterocycles. The molecule has 0 aliphatic heterocycles. The highest BCUT2D eigenvalue weighted by molar-refractivity contribution is 9.10. The summed E-state index contributed by atoms with van der Waals surface area (Å²) in [6.45, 7) is 4.04. The van der Waals surface area contributed by atoms with Crippen LogP contribution in [0.4, 0.5) is 0 Å². The number of halogens is 2. The monoisotopic (exact) mass is 432 g/mol. The van der Waals surface area contributed by atoms with Crippen LogP contribution in [-0.2, 0) is 11.3 Å². The maximum Gasteiger partial charge on any atom is 0.240 e. The van der Waals surface area contributed by atoms with Crippen molar-refractivity contribution in [1.29, 1.82) is 0 Å². The second-order valence-corrected chi connectivity index (χ2v) is 7.43. The number of imidazole rings is 1. The molecule has 1 aromatic carbocycles. The predicted octanol–water partition coefficient (Wildman–Crippen LogP) is 4.55. The first kappa shape index (κ1) is 18.6. The SMILES string of the molecule is CC(C)NC(=O)Cn1cc(-c2ccc(Br)nc2)nc1-c1cccc(Cl)c1. The van der Waals surface area contributed by atoms with E-state index in [1.807, 2.05) is 61.0 Å². The van der Waals surface area contributed by atoms with Crippen molar-refractivity contribution in [3.8, 4) is 22.6 Å². The lowest BCUT2D eigenvalue weighted by Crippen LogP contribution is -2.33. The molecule has 0 saturated heterocycles. The fraction of sp³-hybridized carbons (Fsp3) is 0.211. The van der Waals surface area contributed by atoms with Gasteiger partial charge in [-0.1, -0.05) is 23.7 Å². The van der Waals surface area contributed by atoms with Gasteiger partial charge >= 0.3 is 0 Å². The minimum atomic E-state index is -0.0684. The van der Waals surface area contributed by atoms with Crippen LogP contribution in [0.25, 0.3) is 22.6 Å². The van der Waals surface area contributed by atoms with E-state index in [4.69, 9.17) is 16.6 Å². The molecule has 7 heteroatoms. The zero-order chi connectivity index (χ0) is 18.7. The third kappa shape index (κ3) is 4.51.